The minimum absolute atomic E-state index is 0.148. The van der Waals surface area contributed by atoms with Gasteiger partial charge in [-0.15, -0.1) is 0 Å². The SMILES string of the molecule is COCC1(Cc2cccc(Br)c2)CCCN1. The van der Waals surface area contributed by atoms with Crippen molar-refractivity contribution in [3.05, 3.63) is 34.3 Å². The maximum atomic E-state index is 5.36. The Morgan fingerprint density at radius 2 is 2.38 bits per heavy atom. The van der Waals surface area contributed by atoms with Gasteiger partial charge in [-0.25, -0.2) is 0 Å². The molecule has 1 aromatic rings. The summed E-state index contributed by atoms with van der Waals surface area (Å²) < 4.78 is 6.51. The summed E-state index contributed by atoms with van der Waals surface area (Å²) in [6, 6.07) is 8.53. The van der Waals surface area contributed by atoms with Crippen molar-refractivity contribution in [2.75, 3.05) is 20.3 Å². The van der Waals surface area contributed by atoms with Gasteiger partial charge in [0.15, 0.2) is 0 Å². The summed E-state index contributed by atoms with van der Waals surface area (Å²) >= 11 is 3.52. The molecule has 1 atom stereocenters. The molecule has 0 spiro atoms. The number of benzene rings is 1. The first-order valence-electron chi connectivity index (χ1n) is 5.73. The average molecular weight is 284 g/mol. The van der Waals surface area contributed by atoms with Crippen molar-refractivity contribution in [1.82, 2.24) is 5.32 Å². The van der Waals surface area contributed by atoms with E-state index in [9.17, 15) is 0 Å². The molecule has 1 fully saturated rings. The van der Waals surface area contributed by atoms with E-state index in [0.29, 0.717) is 0 Å². The molecular formula is C13H18BrNO. The summed E-state index contributed by atoms with van der Waals surface area (Å²) in [6.45, 7) is 1.90. The Morgan fingerprint density at radius 3 is 3.00 bits per heavy atom. The van der Waals surface area contributed by atoms with Gasteiger partial charge in [-0.1, -0.05) is 28.1 Å². The fraction of sp³-hybridized carbons (Fsp3) is 0.538. The smallest absolute Gasteiger partial charge is 0.0647 e. The van der Waals surface area contributed by atoms with Gasteiger partial charge in [0.1, 0.15) is 0 Å². The summed E-state index contributed by atoms with van der Waals surface area (Å²) in [7, 11) is 1.78. The molecule has 0 bridgehead atoms. The molecule has 1 heterocycles. The van der Waals surface area contributed by atoms with Gasteiger partial charge in [0.05, 0.1) is 6.61 Å². The van der Waals surface area contributed by atoms with Crippen molar-refractivity contribution in [1.29, 1.82) is 0 Å². The van der Waals surface area contributed by atoms with Gasteiger partial charge >= 0.3 is 0 Å². The van der Waals surface area contributed by atoms with E-state index < -0.39 is 0 Å². The zero-order valence-corrected chi connectivity index (χ0v) is 11.2. The summed E-state index contributed by atoms with van der Waals surface area (Å²) in [4.78, 5) is 0. The fourth-order valence-electron chi connectivity index (χ4n) is 2.51. The van der Waals surface area contributed by atoms with E-state index in [-0.39, 0.29) is 5.54 Å². The van der Waals surface area contributed by atoms with Crippen molar-refractivity contribution in [3.63, 3.8) is 0 Å². The van der Waals surface area contributed by atoms with Crippen LogP contribution < -0.4 is 5.32 Å². The zero-order valence-electron chi connectivity index (χ0n) is 9.63. The van der Waals surface area contributed by atoms with Gasteiger partial charge < -0.3 is 10.1 Å². The first-order chi connectivity index (χ1) is 7.74. The molecule has 16 heavy (non-hydrogen) atoms. The molecule has 1 saturated heterocycles. The van der Waals surface area contributed by atoms with E-state index in [4.69, 9.17) is 4.74 Å². The van der Waals surface area contributed by atoms with Crippen LogP contribution in [0.1, 0.15) is 18.4 Å². The molecule has 1 aliphatic heterocycles. The molecule has 0 radical (unpaired) electrons. The van der Waals surface area contributed by atoms with Crippen LogP contribution in [0.25, 0.3) is 0 Å². The average Bonchev–Trinajstić information content (AvgIpc) is 2.67. The predicted molar refractivity (Wildman–Crippen MR) is 69.7 cm³/mol. The van der Waals surface area contributed by atoms with Crippen molar-refractivity contribution >= 4 is 15.9 Å². The molecular weight excluding hydrogens is 266 g/mol. The van der Waals surface area contributed by atoms with E-state index in [1.807, 2.05) is 0 Å². The lowest BCUT2D eigenvalue weighted by molar-refractivity contribution is 0.120. The topological polar surface area (TPSA) is 21.3 Å². The van der Waals surface area contributed by atoms with Gasteiger partial charge in [0.2, 0.25) is 0 Å². The molecule has 0 saturated carbocycles. The zero-order chi connectivity index (χ0) is 11.4. The maximum absolute atomic E-state index is 5.36. The van der Waals surface area contributed by atoms with E-state index in [2.05, 4.69) is 45.5 Å². The highest BCUT2D eigenvalue weighted by Gasteiger charge is 2.33. The van der Waals surface area contributed by atoms with Crippen molar-refractivity contribution in [2.24, 2.45) is 0 Å². The third-order valence-electron chi connectivity index (χ3n) is 3.18. The van der Waals surface area contributed by atoms with E-state index >= 15 is 0 Å². The van der Waals surface area contributed by atoms with E-state index in [1.165, 1.54) is 18.4 Å². The molecule has 3 heteroatoms. The second kappa shape index (κ2) is 5.30. The molecule has 1 aromatic carbocycles. The molecule has 0 amide bonds. The second-order valence-electron chi connectivity index (χ2n) is 4.55. The van der Waals surface area contributed by atoms with E-state index in [0.717, 1.165) is 24.0 Å². The number of nitrogens with one attached hydrogen (secondary N) is 1. The summed E-state index contributed by atoms with van der Waals surface area (Å²) in [5.74, 6) is 0. The fourth-order valence-corrected chi connectivity index (χ4v) is 2.95. The first-order valence-corrected chi connectivity index (χ1v) is 6.52. The van der Waals surface area contributed by atoms with Crippen molar-refractivity contribution in [3.8, 4) is 0 Å². The molecule has 0 aromatic heterocycles. The predicted octanol–water partition coefficient (Wildman–Crippen LogP) is 2.76. The minimum atomic E-state index is 0.148. The van der Waals surface area contributed by atoms with Crippen LogP contribution in [0.2, 0.25) is 0 Å². The van der Waals surface area contributed by atoms with Gasteiger partial charge in [-0.05, 0) is 43.5 Å². The maximum Gasteiger partial charge on any atom is 0.0647 e. The van der Waals surface area contributed by atoms with Crippen LogP contribution in [0.5, 0.6) is 0 Å². The van der Waals surface area contributed by atoms with Crippen molar-refractivity contribution in [2.45, 2.75) is 24.8 Å². The highest BCUT2D eigenvalue weighted by atomic mass is 79.9. The molecule has 88 valence electrons. The third kappa shape index (κ3) is 2.84. The van der Waals surface area contributed by atoms with Crippen LogP contribution >= 0.6 is 15.9 Å². The largest absolute Gasteiger partial charge is 0.383 e. The third-order valence-corrected chi connectivity index (χ3v) is 3.68. The Labute approximate surface area is 106 Å². The van der Waals surface area contributed by atoms with Gasteiger partial charge in [0.25, 0.3) is 0 Å². The summed E-state index contributed by atoms with van der Waals surface area (Å²) in [6.07, 6.45) is 3.49. The summed E-state index contributed by atoms with van der Waals surface area (Å²) in [5, 5.41) is 3.60. The first kappa shape index (κ1) is 12.1. The number of rotatable bonds is 4. The van der Waals surface area contributed by atoms with Crippen LogP contribution in [0.15, 0.2) is 28.7 Å². The van der Waals surface area contributed by atoms with Crippen LogP contribution in [-0.2, 0) is 11.2 Å². The van der Waals surface area contributed by atoms with E-state index in [1.54, 1.807) is 7.11 Å². The number of hydrogen-bond donors (Lipinski definition) is 1. The van der Waals surface area contributed by atoms with Crippen LogP contribution in [0, 0.1) is 0 Å². The highest BCUT2D eigenvalue weighted by molar-refractivity contribution is 9.10. The number of ether oxygens (including phenoxy) is 1. The van der Waals surface area contributed by atoms with Crippen LogP contribution in [0.3, 0.4) is 0 Å². The second-order valence-corrected chi connectivity index (χ2v) is 5.47. The van der Waals surface area contributed by atoms with Crippen LogP contribution in [-0.4, -0.2) is 25.8 Å². The Bertz CT molecular complexity index is 348. The Balaban J connectivity index is 2.11. The number of halogens is 1. The standard InChI is InChI=1S/C13H18BrNO/c1-16-10-13(6-3-7-15-13)9-11-4-2-5-12(14)8-11/h2,4-5,8,15H,3,6-7,9-10H2,1H3. The van der Waals surface area contributed by atoms with Crippen molar-refractivity contribution < 1.29 is 4.74 Å². The molecule has 2 nitrogen and oxygen atoms in total. The normalized spacial score (nSPS) is 24.9. The summed E-state index contributed by atoms with van der Waals surface area (Å²) in [5.41, 5.74) is 1.51. The molecule has 1 aliphatic rings. The number of methoxy groups -OCH3 is 1. The van der Waals surface area contributed by atoms with Gasteiger partial charge in [-0.2, -0.15) is 0 Å². The lowest BCUT2D eigenvalue weighted by atomic mass is 9.90. The highest BCUT2D eigenvalue weighted by Crippen LogP contribution is 2.25. The Hall–Kier alpha value is -0.380. The Kier molecular flexibility index (Phi) is 4.00. The lowest BCUT2D eigenvalue weighted by Crippen LogP contribution is -2.46. The molecule has 1 unspecified atom stereocenters. The van der Waals surface area contributed by atoms with Gasteiger partial charge in [0, 0.05) is 17.1 Å². The van der Waals surface area contributed by atoms with Crippen LogP contribution in [0.4, 0.5) is 0 Å². The number of hydrogen-bond acceptors (Lipinski definition) is 2. The molecule has 2 rings (SSSR count). The quantitative estimate of drug-likeness (QED) is 0.918. The van der Waals surface area contributed by atoms with Gasteiger partial charge in [-0.3, -0.25) is 0 Å². The molecule has 1 N–H and O–H groups in total. The Morgan fingerprint density at radius 1 is 1.50 bits per heavy atom. The lowest BCUT2D eigenvalue weighted by Gasteiger charge is -2.29. The molecule has 0 aliphatic carbocycles. The monoisotopic (exact) mass is 283 g/mol. The minimum Gasteiger partial charge on any atom is -0.383 e.